The van der Waals surface area contributed by atoms with Crippen molar-refractivity contribution in [3.05, 3.63) is 59.9 Å². The van der Waals surface area contributed by atoms with E-state index in [0.717, 1.165) is 75.7 Å². The number of piperidine rings is 1. The van der Waals surface area contributed by atoms with Gasteiger partial charge >= 0.3 is 0 Å². The lowest BCUT2D eigenvalue weighted by atomic mass is 9.94. The van der Waals surface area contributed by atoms with E-state index in [0.29, 0.717) is 12.5 Å². The van der Waals surface area contributed by atoms with Gasteiger partial charge in [-0.15, -0.1) is 0 Å². The maximum absolute atomic E-state index is 13.1. The van der Waals surface area contributed by atoms with Crippen LogP contribution in [-0.2, 0) is 11.3 Å². The molecule has 0 atom stereocenters. The Kier molecular flexibility index (Phi) is 7.07. The number of amides is 1. The van der Waals surface area contributed by atoms with E-state index in [9.17, 15) is 9.18 Å². The topological polar surface area (TPSA) is 36.0 Å². The number of hydrogen-bond acceptors (Lipinski definition) is 4. The molecule has 5 nitrogen and oxygen atoms in total. The molecule has 2 fully saturated rings. The molecule has 2 aliphatic heterocycles. The molecule has 31 heavy (non-hydrogen) atoms. The van der Waals surface area contributed by atoms with Gasteiger partial charge in [-0.25, -0.2) is 4.39 Å². The quantitative estimate of drug-likeness (QED) is 0.706. The minimum Gasteiger partial charge on any atom is -0.492 e. The second kappa shape index (κ2) is 10.1. The summed E-state index contributed by atoms with van der Waals surface area (Å²) in [7, 11) is 0. The zero-order valence-electron chi connectivity index (χ0n) is 18.3. The molecule has 0 radical (unpaired) electrons. The van der Waals surface area contributed by atoms with Gasteiger partial charge in [0.05, 0.1) is 12.3 Å². The zero-order valence-corrected chi connectivity index (χ0v) is 18.3. The first-order valence-corrected chi connectivity index (χ1v) is 11.4. The second-order valence-electron chi connectivity index (χ2n) is 8.39. The van der Waals surface area contributed by atoms with Gasteiger partial charge in [-0.3, -0.25) is 9.69 Å². The maximum Gasteiger partial charge on any atom is 0.225 e. The predicted octanol–water partition coefficient (Wildman–Crippen LogP) is 3.79. The van der Waals surface area contributed by atoms with Gasteiger partial charge in [0.15, 0.2) is 0 Å². The largest absolute Gasteiger partial charge is 0.492 e. The minimum atomic E-state index is -0.200. The van der Waals surface area contributed by atoms with Crippen molar-refractivity contribution < 1.29 is 13.9 Å². The van der Waals surface area contributed by atoms with Crippen molar-refractivity contribution in [2.75, 3.05) is 50.8 Å². The Hall–Kier alpha value is -2.60. The molecular formula is C25H32FN3O2. The third-order valence-corrected chi connectivity index (χ3v) is 6.35. The molecule has 0 spiro atoms. The van der Waals surface area contributed by atoms with Crippen LogP contribution < -0.4 is 9.64 Å². The number of para-hydroxylation sites is 2. The normalized spacial score (nSPS) is 18.3. The van der Waals surface area contributed by atoms with Crippen LogP contribution in [0, 0.1) is 11.7 Å². The smallest absolute Gasteiger partial charge is 0.225 e. The molecule has 2 aromatic rings. The van der Waals surface area contributed by atoms with Crippen molar-refractivity contribution in [2.45, 2.75) is 26.3 Å². The summed E-state index contributed by atoms with van der Waals surface area (Å²) < 4.78 is 18.9. The summed E-state index contributed by atoms with van der Waals surface area (Å²) in [5.41, 5.74) is 2.24. The fourth-order valence-electron chi connectivity index (χ4n) is 4.61. The molecule has 2 aromatic carbocycles. The monoisotopic (exact) mass is 425 g/mol. The Morgan fingerprint density at radius 3 is 2.32 bits per heavy atom. The molecule has 2 aliphatic rings. The predicted molar refractivity (Wildman–Crippen MR) is 121 cm³/mol. The Balaban J connectivity index is 1.25. The van der Waals surface area contributed by atoms with Gasteiger partial charge in [-0.1, -0.05) is 24.3 Å². The van der Waals surface area contributed by atoms with Gasteiger partial charge in [-0.2, -0.15) is 0 Å². The summed E-state index contributed by atoms with van der Waals surface area (Å²) in [5.74, 6) is 1.14. The van der Waals surface area contributed by atoms with Crippen LogP contribution in [0.2, 0.25) is 0 Å². The highest BCUT2D eigenvalue weighted by Crippen LogP contribution is 2.29. The van der Waals surface area contributed by atoms with E-state index in [2.05, 4.69) is 15.9 Å². The number of hydrogen-bond donors (Lipinski definition) is 0. The number of benzene rings is 2. The van der Waals surface area contributed by atoms with Crippen molar-refractivity contribution in [3.8, 4) is 5.75 Å². The lowest BCUT2D eigenvalue weighted by Gasteiger charge is -2.39. The van der Waals surface area contributed by atoms with Crippen molar-refractivity contribution in [2.24, 2.45) is 5.92 Å². The van der Waals surface area contributed by atoms with E-state index < -0.39 is 0 Å². The van der Waals surface area contributed by atoms with Gasteiger partial charge in [0, 0.05) is 38.6 Å². The third kappa shape index (κ3) is 5.37. The number of likely N-dealkylation sites (tertiary alicyclic amines) is 1. The molecule has 2 heterocycles. The molecule has 0 aromatic heterocycles. The molecular weight excluding hydrogens is 393 g/mol. The van der Waals surface area contributed by atoms with Gasteiger partial charge in [-0.05, 0) is 62.7 Å². The molecule has 0 unspecified atom stereocenters. The second-order valence-corrected chi connectivity index (χ2v) is 8.39. The first-order chi connectivity index (χ1) is 15.1. The van der Waals surface area contributed by atoms with Crippen LogP contribution in [0.1, 0.15) is 25.3 Å². The van der Waals surface area contributed by atoms with E-state index in [4.69, 9.17) is 4.74 Å². The summed E-state index contributed by atoms with van der Waals surface area (Å²) in [6, 6.07) is 14.8. The highest BCUT2D eigenvalue weighted by Gasteiger charge is 2.30. The molecule has 0 N–H and O–H groups in total. The van der Waals surface area contributed by atoms with E-state index in [1.54, 1.807) is 0 Å². The SMILES string of the molecule is CCOc1ccccc1N1CCN(C(=O)C2CCN(Cc3ccc(F)cc3)CC2)CC1. The first kappa shape index (κ1) is 21.6. The van der Waals surface area contributed by atoms with Crippen LogP contribution >= 0.6 is 0 Å². The van der Waals surface area contributed by atoms with E-state index >= 15 is 0 Å². The Morgan fingerprint density at radius 2 is 1.65 bits per heavy atom. The van der Waals surface area contributed by atoms with Crippen LogP contribution in [0.25, 0.3) is 0 Å². The van der Waals surface area contributed by atoms with Crippen LogP contribution in [0.4, 0.5) is 10.1 Å². The number of carbonyl (C=O) groups excluding carboxylic acids is 1. The fraction of sp³-hybridized carbons (Fsp3) is 0.480. The molecule has 6 heteroatoms. The van der Waals surface area contributed by atoms with E-state index in [-0.39, 0.29) is 11.7 Å². The summed E-state index contributed by atoms with van der Waals surface area (Å²) in [4.78, 5) is 19.8. The number of ether oxygens (including phenoxy) is 1. The number of anilines is 1. The van der Waals surface area contributed by atoms with Gasteiger partial charge < -0.3 is 14.5 Å². The average Bonchev–Trinajstić information content (AvgIpc) is 2.81. The molecule has 0 bridgehead atoms. The highest BCUT2D eigenvalue weighted by molar-refractivity contribution is 5.79. The number of rotatable bonds is 6. The van der Waals surface area contributed by atoms with E-state index in [1.807, 2.05) is 42.2 Å². The molecule has 0 aliphatic carbocycles. The van der Waals surface area contributed by atoms with Crippen molar-refractivity contribution in [1.29, 1.82) is 0 Å². The number of halogens is 1. The van der Waals surface area contributed by atoms with Crippen molar-refractivity contribution in [1.82, 2.24) is 9.80 Å². The van der Waals surface area contributed by atoms with Crippen LogP contribution in [0.3, 0.4) is 0 Å². The molecule has 1 amide bonds. The lowest BCUT2D eigenvalue weighted by molar-refractivity contribution is -0.137. The number of nitrogens with zero attached hydrogens (tertiary/aromatic N) is 3. The summed E-state index contributed by atoms with van der Waals surface area (Å²) in [6.07, 6.45) is 1.79. The van der Waals surface area contributed by atoms with Gasteiger partial charge in [0.2, 0.25) is 5.91 Å². The fourth-order valence-corrected chi connectivity index (χ4v) is 4.61. The standard InChI is InChI=1S/C25H32FN3O2/c1-2-31-24-6-4-3-5-23(24)28-15-17-29(18-16-28)25(30)21-11-13-27(14-12-21)19-20-7-9-22(26)10-8-20/h3-10,21H,2,11-19H2,1H3. The number of carbonyl (C=O) groups is 1. The highest BCUT2D eigenvalue weighted by atomic mass is 19.1. The first-order valence-electron chi connectivity index (χ1n) is 11.4. The maximum atomic E-state index is 13.1. The van der Waals surface area contributed by atoms with Crippen LogP contribution in [0.15, 0.2) is 48.5 Å². The van der Waals surface area contributed by atoms with Crippen LogP contribution in [0.5, 0.6) is 5.75 Å². The zero-order chi connectivity index (χ0) is 21.6. The summed E-state index contributed by atoms with van der Waals surface area (Å²) in [6.45, 7) is 8.47. The Morgan fingerprint density at radius 1 is 0.968 bits per heavy atom. The average molecular weight is 426 g/mol. The van der Waals surface area contributed by atoms with E-state index in [1.165, 1.54) is 12.1 Å². The van der Waals surface area contributed by atoms with Crippen LogP contribution in [-0.4, -0.2) is 61.6 Å². The minimum absolute atomic E-state index is 0.117. The number of piperazine rings is 1. The lowest BCUT2D eigenvalue weighted by Crippen LogP contribution is -2.51. The summed E-state index contributed by atoms with van der Waals surface area (Å²) >= 11 is 0. The molecule has 2 saturated heterocycles. The Bertz CT molecular complexity index is 857. The summed E-state index contributed by atoms with van der Waals surface area (Å²) in [5, 5.41) is 0. The molecule has 4 rings (SSSR count). The molecule has 0 saturated carbocycles. The van der Waals surface area contributed by atoms with Gasteiger partial charge in [0.25, 0.3) is 0 Å². The Labute approximate surface area is 184 Å². The van der Waals surface area contributed by atoms with Crippen molar-refractivity contribution >= 4 is 11.6 Å². The van der Waals surface area contributed by atoms with Crippen molar-refractivity contribution in [3.63, 3.8) is 0 Å². The third-order valence-electron chi connectivity index (χ3n) is 6.35. The van der Waals surface area contributed by atoms with Gasteiger partial charge in [0.1, 0.15) is 11.6 Å². The molecule has 166 valence electrons.